The van der Waals surface area contributed by atoms with Crippen LogP contribution in [0.4, 0.5) is 5.69 Å². The number of aromatic amines is 1. The summed E-state index contributed by atoms with van der Waals surface area (Å²) in [4.78, 5) is 6.94. The summed E-state index contributed by atoms with van der Waals surface area (Å²) in [7, 11) is -3.53. The van der Waals surface area contributed by atoms with Crippen molar-refractivity contribution in [2.24, 2.45) is 0 Å². The number of sulfonamides is 1. The molecule has 1 aliphatic rings. The van der Waals surface area contributed by atoms with Crippen molar-refractivity contribution in [3.05, 3.63) is 41.9 Å². The lowest BCUT2D eigenvalue weighted by atomic mass is 10.2. The number of aromatic nitrogens is 2. The zero-order chi connectivity index (χ0) is 13.5. The second-order valence-electron chi connectivity index (χ2n) is 4.50. The minimum Gasteiger partial charge on any atom is -0.332 e. The van der Waals surface area contributed by atoms with Crippen molar-refractivity contribution < 1.29 is 8.42 Å². The Morgan fingerprint density at radius 2 is 2.16 bits per heavy atom. The Labute approximate surface area is 112 Å². The quantitative estimate of drug-likeness (QED) is 0.929. The fourth-order valence-electron chi connectivity index (χ4n) is 2.33. The van der Waals surface area contributed by atoms with Gasteiger partial charge in [-0.2, -0.15) is 8.42 Å². The summed E-state index contributed by atoms with van der Waals surface area (Å²) in [5.74, 6) is 0.686. The van der Waals surface area contributed by atoms with Gasteiger partial charge in [-0.05, 0) is 18.1 Å². The van der Waals surface area contributed by atoms with Gasteiger partial charge in [0, 0.05) is 13.0 Å². The predicted octanol–water partition coefficient (Wildman–Crippen LogP) is 1.72. The Morgan fingerprint density at radius 1 is 1.37 bits per heavy atom. The standard InChI is InChI=1S/C13H15N3O2S/c1-2-12-14-9-13(15-12)19(17,18)16-8-7-10-5-3-4-6-11(10)16/h3-6,9H,2,7-8H2,1H3,(H,14,15). The molecule has 0 atom stereocenters. The van der Waals surface area contributed by atoms with Crippen LogP contribution in [0.2, 0.25) is 0 Å². The molecule has 0 fully saturated rings. The molecule has 6 heteroatoms. The number of nitrogens with one attached hydrogen (secondary N) is 1. The largest absolute Gasteiger partial charge is 0.332 e. The van der Waals surface area contributed by atoms with Gasteiger partial charge in [0.1, 0.15) is 5.82 Å². The third-order valence-corrected chi connectivity index (χ3v) is 5.08. The number of fused-ring (bicyclic) bond motifs is 1. The second kappa shape index (κ2) is 4.38. The first-order chi connectivity index (χ1) is 9.13. The Hall–Kier alpha value is -1.82. The van der Waals surface area contributed by atoms with Gasteiger partial charge in [0.05, 0.1) is 11.9 Å². The van der Waals surface area contributed by atoms with E-state index in [9.17, 15) is 8.42 Å². The van der Waals surface area contributed by atoms with Gasteiger partial charge in [0.15, 0.2) is 5.03 Å². The Bertz CT molecular complexity index is 706. The van der Waals surface area contributed by atoms with Crippen LogP contribution in [0, 0.1) is 0 Å². The Morgan fingerprint density at radius 3 is 2.89 bits per heavy atom. The van der Waals surface area contributed by atoms with Crippen molar-refractivity contribution >= 4 is 15.7 Å². The number of para-hydroxylation sites is 1. The number of anilines is 1. The van der Waals surface area contributed by atoms with Gasteiger partial charge in [-0.15, -0.1) is 0 Å². The second-order valence-corrected chi connectivity index (χ2v) is 6.33. The van der Waals surface area contributed by atoms with Crippen LogP contribution in [-0.4, -0.2) is 24.9 Å². The van der Waals surface area contributed by atoms with Crippen LogP contribution in [-0.2, 0) is 22.9 Å². The van der Waals surface area contributed by atoms with E-state index in [2.05, 4.69) is 9.97 Å². The predicted molar refractivity (Wildman–Crippen MR) is 72.6 cm³/mol. The maximum absolute atomic E-state index is 12.6. The Kier molecular flexibility index (Phi) is 2.82. The highest BCUT2D eigenvalue weighted by Gasteiger charge is 2.31. The topological polar surface area (TPSA) is 66.1 Å². The number of hydrogen-bond donors (Lipinski definition) is 1. The molecule has 0 unspecified atom stereocenters. The van der Waals surface area contributed by atoms with Gasteiger partial charge in [-0.3, -0.25) is 4.31 Å². The van der Waals surface area contributed by atoms with Crippen LogP contribution < -0.4 is 4.31 Å². The monoisotopic (exact) mass is 277 g/mol. The van der Waals surface area contributed by atoms with Crippen LogP contribution >= 0.6 is 0 Å². The van der Waals surface area contributed by atoms with E-state index in [0.29, 0.717) is 18.8 Å². The minimum absolute atomic E-state index is 0.168. The molecule has 0 amide bonds. The molecule has 1 aliphatic heterocycles. The normalized spacial score (nSPS) is 14.7. The molecule has 0 radical (unpaired) electrons. The molecule has 2 aromatic rings. The van der Waals surface area contributed by atoms with Crippen LogP contribution in [0.5, 0.6) is 0 Å². The molecule has 0 aliphatic carbocycles. The third kappa shape index (κ3) is 1.92. The lowest BCUT2D eigenvalue weighted by molar-refractivity contribution is 0.589. The molecule has 0 bridgehead atoms. The van der Waals surface area contributed by atoms with Gasteiger partial charge in [-0.25, -0.2) is 4.98 Å². The maximum atomic E-state index is 12.6. The van der Waals surface area contributed by atoms with Gasteiger partial charge >= 0.3 is 0 Å². The summed E-state index contributed by atoms with van der Waals surface area (Å²) >= 11 is 0. The van der Waals surface area contributed by atoms with Gasteiger partial charge in [0.25, 0.3) is 10.0 Å². The van der Waals surface area contributed by atoms with E-state index in [0.717, 1.165) is 17.7 Å². The fourth-order valence-corrected chi connectivity index (χ4v) is 3.77. The summed E-state index contributed by atoms with van der Waals surface area (Å²) < 4.78 is 26.6. The smallest absolute Gasteiger partial charge is 0.281 e. The van der Waals surface area contributed by atoms with E-state index in [1.807, 2.05) is 31.2 Å². The highest BCUT2D eigenvalue weighted by molar-refractivity contribution is 7.92. The minimum atomic E-state index is -3.53. The first-order valence-electron chi connectivity index (χ1n) is 6.27. The molecule has 1 N–H and O–H groups in total. The molecule has 0 saturated heterocycles. The van der Waals surface area contributed by atoms with Crippen molar-refractivity contribution in [3.8, 4) is 0 Å². The van der Waals surface area contributed by atoms with Crippen molar-refractivity contribution in [1.29, 1.82) is 0 Å². The summed E-state index contributed by atoms with van der Waals surface area (Å²) in [6.07, 6.45) is 2.84. The highest BCUT2D eigenvalue weighted by atomic mass is 32.2. The number of H-pyrrole nitrogens is 1. The van der Waals surface area contributed by atoms with E-state index in [1.54, 1.807) is 0 Å². The van der Waals surface area contributed by atoms with Crippen LogP contribution in [0.25, 0.3) is 0 Å². The Balaban J connectivity index is 2.03. The fraction of sp³-hybridized carbons (Fsp3) is 0.308. The van der Waals surface area contributed by atoms with Crippen molar-refractivity contribution in [3.63, 3.8) is 0 Å². The molecule has 1 aromatic heterocycles. The van der Waals surface area contributed by atoms with E-state index in [1.165, 1.54) is 10.5 Å². The van der Waals surface area contributed by atoms with E-state index in [-0.39, 0.29) is 5.03 Å². The lowest BCUT2D eigenvalue weighted by Gasteiger charge is -2.18. The van der Waals surface area contributed by atoms with Crippen molar-refractivity contribution in [2.45, 2.75) is 24.8 Å². The molecule has 19 heavy (non-hydrogen) atoms. The average Bonchev–Trinajstić information content (AvgIpc) is 3.06. The van der Waals surface area contributed by atoms with Crippen LogP contribution in [0.3, 0.4) is 0 Å². The molecule has 0 saturated carbocycles. The average molecular weight is 277 g/mol. The summed E-state index contributed by atoms with van der Waals surface area (Å²) in [5, 5.41) is 0.168. The molecular weight excluding hydrogens is 262 g/mol. The maximum Gasteiger partial charge on any atom is 0.281 e. The first kappa shape index (κ1) is 12.2. The molecule has 2 heterocycles. The van der Waals surface area contributed by atoms with Gasteiger partial charge < -0.3 is 4.98 Å². The van der Waals surface area contributed by atoms with E-state index < -0.39 is 10.0 Å². The number of nitrogens with zero attached hydrogens (tertiary/aromatic N) is 2. The lowest BCUT2D eigenvalue weighted by Crippen LogP contribution is -2.29. The molecule has 1 aromatic carbocycles. The summed E-state index contributed by atoms with van der Waals surface area (Å²) in [6.45, 7) is 2.42. The van der Waals surface area contributed by atoms with E-state index in [4.69, 9.17) is 0 Å². The number of hydrogen-bond acceptors (Lipinski definition) is 3. The SMILES string of the molecule is CCc1ncc(S(=O)(=O)N2CCc3ccccc32)[nH]1. The van der Waals surface area contributed by atoms with Crippen LogP contribution in [0.15, 0.2) is 35.5 Å². The highest BCUT2D eigenvalue weighted by Crippen LogP contribution is 2.32. The summed E-state index contributed by atoms with van der Waals surface area (Å²) in [5.41, 5.74) is 1.84. The van der Waals surface area contributed by atoms with Crippen LogP contribution in [0.1, 0.15) is 18.3 Å². The number of imidazole rings is 1. The molecule has 3 rings (SSSR count). The number of benzene rings is 1. The first-order valence-corrected chi connectivity index (χ1v) is 7.71. The van der Waals surface area contributed by atoms with Crippen molar-refractivity contribution in [2.75, 3.05) is 10.8 Å². The van der Waals surface area contributed by atoms with Gasteiger partial charge in [0.2, 0.25) is 0 Å². The molecule has 0 spiro atoms. The molecule has 100 valence electrons. The van der Waals surface area contributed by atoms with Gasteiger partial charge in [-0.1, -0.05) is 25.1 Å². The zero-order valence-electron chi connectivity index (χ0n) is 10.6. The van der Waals surface area contributed by atoms with Crippen molar-refractivity contribution in [1.82, 2.24) is 9.97 Å². The zero-order valence-corrected chi connectivity index (χ0v) is 11.4. The summed E-state index contributed by atoms with van der Waals surface area (Å²) in [6, 6.07) is 7.60. The number of aryl methyl sites for hydroxylation is 1. The number of rotatable bonds is 3. The third-order valence-electron chi connectivity index (χ3n) is 3.35. The molecular formula is C13H15N3O2S. The van der Waals surface area contributed by atoms with E-state index >= 15 is 0 Å². The molecule has 5 nitrogen and oxygen atoms in total.